The Bertz CT molecular complexity index is 859. The highest BCUT2D eigenvalue weighted by Gasteiger charge is 2.20. The lowest BCUT2D eigenvalue weighted by atomic mass is 10.3. The summed E-state index contributed by atoms with van der Waals surface area (Å²) in [7, 11) is 0.720. The number of methoxy groups -OCH3 is 1. The first-order chi connectivity index (χ1) is 11.2. The molecule has 2 aromatic rings. The number of nitrogens with one attached hydrogen (secondary N) is 1. The van der Waals surface area contributed by atoms with E-state index in [4.69, 9.17) is 4.74 Å². The lowest BCUT2D eigenvalue weighted by Crippen LogP contribution is -2.22. The van der Waals surface area contributed by atoms with Crippen molar-refractivity contribution >= 4 is 64.8 Å². The normalized spacial score (nSPS) is 11.6. The largest absolute Gasteiger partial charge is 0.495 e. The van der Waals surface area contributed by atoms with Crippen LogP contribution in [0.1, 0.15) is 9.67 Å². The summed E-state index contributed by atoms with van der Waals surface area (Å²) in [6, 6.07) is 6.00. The lowest BCUT2D eigenvalue weighted by molar-refractivity contribution is 0.103. The molecule has 130 valence electrons. The standard InChI is InChI=1S/C14H14Br2N2O4S2/c1-18(2)24(20,21)8-4-5-11(22-3)10(6-8)17-14(19)12-7-9(15)13(16)23-12/h4-7H,1-3H3,(H,17,19). The Morgan fingerprint density at radius 2 is 1.92 bits per heavy atom. The number of benzene rings is 1. The average Bonchev–Trinajstić information content (AvgIpc) is 2.86. The zero-order valence-electron chi connectivity index (χ0n) is 13.0. The van der Waals surface area contributed by atoms with Crippen molar-refractivity contribution in [3.63, 3.8) is 0 Å². The highest BCUT2D eigenvalue weighted by Crippen LogP contribution is 2.34. The highest BCUT2D eigenvalue weighted by atomic mass is 79.9. The lowest BCUT2D eigenvalue weighted by Gasteiger charge is -2.15. The van der Waals surface area contributed by atoms with Gasteiger partial charge in [0, 0.05) is 18.6 Å². The molecular formula is C14H14Br2N2O4S2. The molecule has 10 heteroatoms. The van der Waals surface area contributed by atoms with Crippen LogP contribution in [-0.4, -0.2) is 39.8 Å². The van der Waals surface area contributed by atoms with E-state index in [9.17, 15) is 13.2 Å². The van der Waals surface area contributed by atoms with E-state index in [0.717, 1.165) is 12.6 Å². The molecule has 0 spiro atoms. The molecule has 1 aromatic heterocycles. The van der Waals surface area contributed by atoms with Gasteiger partial charge in [-0.1, -0.05) is 0 Å². The van der Waals surface area contributed by atoms with Gasteiger partial charge in [0.2, 0.25) is 10.0 Å². The Morgan fingerprint density at radius 1 is 1.25 bits per heavy atom. The van der Waals surface area contributed by atoms with E-state index in [1.54, 1.807) is 6.07 Å². The van der Waals surface area contributed by atoms with E-state index in [0.29, 0.717) is 10.6 Å². The Hall–Kier alpha value is -0.940. The number of thiophene rings is 1. The molecule has 1 amide bonds. The Kier molecular flexibility index (Phi) is 6.08. The summed E-state index contributed by atoms with van der Waals surface area (Å²) in [5.41, 5.74) is 0.283. The first-order valence-corrected chi connectivity index (χ1v) is 10.4. The molecule has 0 unspecified atom stereocenters. The molecule has 0 saturated heterocycles. The molecule has 0 aliphatic carbocycles. The van der Waals surface area contributed by atoms with Crippen molar-refractivity contribution in [3.8, 4) is 5.75 Å². The number of sulfonamides is 1. The van der Waals surface area contributed by atoms with E-state index in [1.165, 1.54) is 50.7 Å². The Morgan fingerprint density at radius 3 is 2.42 bits per heavy atom. The van der Waals surface area contributed by atoms with Crippen molar-refractivity contribution in [3.05, 3.63) is 37.4 Å². The van der Waals surface area contributed by atoms with Crippen molar-refractivity contribution in [1.29, 1.82) is 0 Å². The zero-order chi connectivity index (χ0) is 18.1. The third kappa shape index (κ3) is 3.99. The minimum Gasteiger partial charge on any atom is -0.495 e. The highest BCUT2D eigenvalue weighted by molar-refractivity contribution is 9.13. The number of rotatable bonds is 5. The van der Waals surface area contributed by atoms with Crippen LogP contribution in [0.2, 0.25) is 0 Å². The van der Waals surface area contributed by atoms with Gasteiger partial charge >= 0.3 is 0 Å². The van der Waals surface area contributed by atoms with Gasteiger partial charge in [0.1, 0.15) is 5.75 Å². The van der Waals surface area contributed by atoms with Crippen molar-refractivity contribution in [2.75, 3.05) is 26.5 Å². The first kappa shape index (κ1) is 19.4. The number of amides is 1. The van der Waals surface area contributed by atoms with E-state index in [1.807, 2.05) is 0 Å². The second kappa shape index (κ2) is 7.52. The van der Waals surface area contributed by atoms with Gasteiger partial charge < -0.3 is 10.1 Å². The summed E-state index contributed by atoms with van der Waals surface area (Å²) in [6.07, 6.45) is 0. The van der Waals surface area contributed by atoms with Crippen molar-refractivity contribution in [2.24, 2.45) is 0 Å². The van der Waals surface area contributed by atoms with Crippen LogP contribution in [0.5, 0.6) is 5.75 Å². The second-order valence-electron chi connectivity index (χ2n) is 4.84. The zero-order valence-corrected chi connectivity index (χ0v) is 17.8. The molecular weight excluding hydrogens is 484 g/mol. The van der Waals surface area contributed by atoms with Crippen LogP contribution in [0.15, 0.2) is 37.4 Å². The van der Waals surface area contributed by atoms with Gasteiger partial charge in [-0.25, -0.2) is 12.7 Å². The summed E-state index contributed by atoms with van der Waals surface area (Å²) in [6.45, 7) is 0. The number of anilines is 1. The molecule has 24 heavy (non-hydrogen) atoms. The quantitative estimate of drug-likeness (QED) is 0.681. The van der Waals surface area contributed by atoms with Gasteiger partial charge in [-0.05, 0) is 56.1 Å². The number of carbonyl (C=O) groups is 1. The molecule has 0 bridgehead atoms. The summed E-state index contributed by atoms with van der Waals surface area (Å²) in [5, 5.41) is 2.69. The van der Waals surface area contributed by atoms with Crippen LogP contribution in [0, 0.1) is 0 Å². The van der Waals surface area contributed by atoms with Gasteiger partial charge in [-0.3, -0.25) is 4.79 Å². The topological polar surface area (TPSA) is 75.7 Å². The number of nitrogens with zero attached hydrogens (tertiary/aromatic N) is 1. The molecule has 0 aliphatic heterocycles. The van der Waals surface area contributed by atoms with E-state index in [-0.39, 0.29) is 16.5 Å². The maximum Gasteiger partial charge on any atom is 0.265 e. The van der Waals surface area contributed by atoms with Crippen LogP contribution < -0.4 is 10.1 Å². The smallest absolute Gasteiger partial charge is 0.265 e. The molecule has 0 radical (unpaired) electrons. The minimum absolute atomic E-state index is 0.0668. The molecule has 6 nitrogen and oxygen atoms in total. The monoisotopic (exact) mass is 496 g/mol. The number of halogens is 2. The predicted molar refractivity (Wildman–Crippen MR) is 102 cm³/mol. The van der Waals surface area contributed by atoms with Crippen LogP contribution in [0.4, 0.5) is 5.69 Å². The third-order valence-electron chi connectivity index (χ3n) is 3.07. The van der Waals surface area contributed by atoms with Crippen molar-refractivity contribution < 1.29 is 17.9 Å². The van der Waals surface area contributed by atoms with Gasteiger partial charge in [-0.15, -0.1) is 11.3 Å². The molecule has 1 heterocycles. The molecule has 0 aliphatic rings. The van der Waals surface area contributed by atoms with Crippen molar-refractivity contribution in [1.82, 2.24) is 4.31 Å². The second-order valence-corrected chi connectivity index (χ2v) is 10.2. The average molecular weight is 498 g/mol. The predicted octanol–water partition coefficient (Wildman–Crippen LogP) is 3.78. The van der Waals surface area contributed by atoms with E-state index < -0.39 is 10.0 Å². The SMILES string of the molecule is COc1ccc(S(=O)(=O)N(C)C)cc1NC(=O)c1cc(Br)c(Br)s1. The van der Waals surface area contributed by atoms with Gasteiger partial charge in [0.15, 0.2) is 0 Å². The van der Waals surface area contributed by atoms with Crippen LogP contribution in [0.3, 0.4) is 0 Å². The molecule has 0 atom stereocenters. The summed E-state index contributed by atoms with van der Waals surface area (Å²) in [5.74, 6) is 0.0137. The Balaban J connectivity index is 2.39. The minimum atomic E-state index is -3.61. The molecule has 0 fully saturated rings. The maximum atomic E-state index is 12.4. The van der Waals surface area contributed by atoms with Crippen molar-refractivity contribution in [2.45, 2.75) is 4.90 Å². The molecule has 1 N–H and O–H groups in total. The van der Waals surface area contributed by atoms with Gasteiger partial charge in [0.25, 0.3) is 5.91 Å². The van der Waals surface area contributed by atoms with E-state index >= 15 is 0 Å². The number of hydrogen-bond donors (Lipinski definition) is 1. The van der Waals surface area contributed by atoms with Gasteiger partial charge in [-0.2, -0.15) is 0 Å². The third-order valence-corrected chi connectivity index (χ3v) is 8.13. The first-order valence-electron chi connectivity index (χ1n) is 6.53. The van der Waals surface area contributed by atoms with Gasteiger partial charge in [0.05, 0.1) is 26.4 Å². The summed E-state index contributed by atoms with van der Waals surface area (Å²) >= 11 is 7.92. The number of carbonyl (C=O) groups excluding carboxylic acids is 1. The van der Waals surface area contributed by atoms with Crippen LogP contribution in [-0.2, 0) is 10.0 Å². The summed E-state index contributed by atoms with van der Waals surface area (Å²) in [4.78, 5) is 12.9. The fraction of sp³-hybridized carbons (Fsp3) is 0.214. The van der Waals surface area contributed by atoms with Crippen LogP contribution in [0.25, 0.3) is 0 Å². The summed E-state index contributed by atoms with van der Waals surface area (Å²) < 4.78 is 32.4. The fourth-order valence-electron chi connectivity index (χ4n) is 1.80. The maximum absolute atomic E-state index is 12.4. The van der Waals surface area contributed by atoms with Crippen LogP contribution >= 0.6 is 43.2 Å². The number of hydrogen-bond acceptors (Lipinski definition) is 5. The molecule has 0 saturated carbocycles. The molecule has 1 aromatic carbocycles. The Labute approximate surface area is 161 Å². The number of ether oxygens (including phenoxy) is 1. The molecule has 2 rings (SSSR count). The van der Waals surface area contributed by atoms with E-state index in [2.05, 4.69) is 37.2 Å². The fourth-order valence-corrected chi connectivity index (χ4v) is 4.66.